The molecule has 0 saturated heterocycles. The fourth-order valence-corrected chi connectivity index (χ4v) is 3.09. The Kier molecular flexibility index (Phi) is 4.93. The molecule has 4 heteroatoms. The maximum Gasteiger partial charge on any atom is 0.251 e. The zero-order valence-corrected chi connectivity index (χ0v) is 13.9. The summed E-state index contributed by atoms with van der Waals surface area (Å²) in [5.74, 6) is 1.51. The maximum atomic E-state index is 12.2. The molecule has 0 unspecified atom stereocenters. The van der Waals surface area contributed by atoms with Crippen LogP contribution in [0.3, 0.4) is 0 Å². The maximum absolute atomic E-state index is 12.2. The van der Waals surface area contributed by atoms with Gasteiger partial charge in [0.15, 0.2) is 0 Å². The van der Waals surface area contributed by atoms with Crippen LogP contribution in [0.5, 0.6) is 0 Å². The molecule has 1 amide bonds. The van der Waals surface area contributed by atoms with E-state index < -0.39 is 0 Å². The number of benzene rings is 1. The average Bonchev–Trinajstić information content (AvgIpc) is 3.25. The van der Waals surface area contributed by atoms with E-state index in [9.17, 15) is 4.79 Å². The van der Waals surface area contributed by atoms with Crippen LogP contribution in [-0.2, 0) is 13.0 Å². The predicted octanol–water partition coefficient (Wildman–Crippen LogP) is 4.89. The summed E-state index contributed by atoms with van der Waals surface area (Å²) in [6.07, 6.45) is 2.15. The van der Waals surface area contributed by atoms with Crippen LogP contribution < -0.4 is 5.32 Å². The van der Waals surface area contributed by atoms with Crippen molar-refractivity contribution in [2.75, 3.05) is 0 Å². The molecule has 0 aliphatic rings. The molecule has 0 atom stereocenters. The van der Waals surface area contributed by atoms with Gasteiger partial charge in [0, 0.05) is 5.56 Å². The highest BCUT2D eigenvalue weighted by Crippen LogP contribution is 2.26. The molecule has 0 saturated carbocycles. The standard InChI is InChI=1S/C19H19NO2S/c1-2-4-14-6-8-15(9-7-14)19(21)20-13-16-10-11-17(22-16)18-5-3-12-23-18/h3,5-12H,2,4,13H2,1H3,(H,20,21). The predicted molar refractivity (Wildman–Crippen MR) is 93.6 cm³/mol. The third-order valence-corrected chi connectivity index (χ3v) is 4.49. The Morgan fingerprint density at radius 2 is 1.96 bits per heavy atom. The fraction of sp³-hybridized carbons (Fsp3) is 0.211. The number of hydrogen-bond donors (Lipinski definition) is 1. The quantitative estimate of drug-likeness (QED) is 0.701. The summed E-state index contributed by atoms with van der Waals surface area (Å²) in [7, 11) is 0. The van der Waals surface area contributed by atoms with Gasteiger partial charge in [-0.1, -0.05) is 31.5 Å². The number of amides is 1. The molecule has 0 bridgehead atoms. The first kappa shape index (κ1) is 15.6. The van der Waals surface area contributed by atoms with Crippen LogP contribution in [0.4, 0.5) is 0 Å². The van der Waals surface area contributed by atoms with Gasteiger partial charge in [0.1, 0.15) is 11.5 Å². The third kappa shape index (κ3) is 3.90. The minimum absolute atomic E-state index is 0.0814. The Hall–Kier alpha value is -2.33. The minimum Gasteiger partial charge on any atom is -0.458 e. The number of aryl methyl sites for hydroxylation is 1. The van der Waals surface area contributed by atoms with Crippen molar-refractivity contribution in [3.8, 4) is 10.6 Å². The van der Waals surface area contributed by atoms with Crippen molar-refractivity contribution >= 4 is 17.2 Å². The van der Waals surface area contributed by atoms with Crippen LogP contribution in [0.25, 0.3) is 10.6 Å². The lowest BCUT2D eigenvalue weighted by molar-refractivity contribution is 0.0948. The molecule has 0 radical (unpaired) electrons. The van der Waals surface area contributed by atoms with E-state index in [1.54, 1.807) is 11.3 Å². The molecular weight excluding hydrogens is 306 g/mol. The zero-order chi connectivity index (χ0) is 16.1. The molecular formula is C19H19NO2S. The molecule has 3 aromatic rings. The molecule has 1 N–H and O–H groups in total. The fourth-order valence-electron chi connectivity index (χ4n) is 2.41. The first-order valence-corrected chi connectivity index (χ1v) is 8.64. The molecule has 0 fully saturated rings. The van der Waals surface area contributed by atoms with Gasteiger partial charge >= 0.3 is 0 Å². The van der Waals surface area contributed by atoms with E-state index in [1.165, 1.54) is 5.56 Å². The van der Waals surface area contributed by atoms with E-state index in [0.29, 0.717) is 12.1 Å². The number of carbonyl (C=O) groups is 1. The summed E-state index contributed by atoms with van der Waals surface area (Å²) in [4.78, 5) is 13.3. The second-order valence-corrected chi connectivity index (χ2v) is 6.32. The van der Waals surface area contributed by atoms with Crippen molar-refractivity contribution in [2.45, 2.75) is 26.3 Å². The van der Waals surface area contributed by atoms with E-state index >= 15 is 0 Å². The van der Waals surface area contributed by atoms with Gasteiger partial charge in [-0.15, -0.1) is 11.3 Å². The monoisotopic (exact) mass is 325 g/mol. The highest BCUT2D eigenvalue weighted by molar-refractivity contribution is 7.13. The molecule has 118 valence electrons. The van der Waals surface area contributed by atoms with Crippen LogP contribution in [0.1, 0.15) is 35.0 Å². The van der Waals surface area contributed by atoms with Crippen LogP contribution in [-0.4, -0.2) is 5.91 Å². The normalized spacial score (nSPS) is 10.7. The van der Waals surface area contributed by atoms with Gasteiger partial charge in [0.2, 0.25) is 0 Å². The Morgan fingerprint density at radius 3 is 2.65 bits per heavy atom. The van der Waals surface area contributed by atoms with Crippen molar-refractivity contribution in [3.05, 3.63) is 70.8 Å². The van der Waals surface area contributed by atoms with Gasteiger partial charge in [0.05, 0.1) is 11.4 Å². The molecule has 2 aromatic heterocycles. The van der Waals surface area contributed by atoms with Crippen LogP contribution in [0.2, 0.25) is 0 Å². The number of thiophene rings is 1. The topological polar surface area (TPSA) is 42.2 Å². The summed E-state index contributed by atoms with van der Waals surface area (Å²) in [5, 5.41) is 4.91. The number of nitrogens with one attached hydrogen (secondary N) is 1. The van der Waals surface area contributed by atoms with E-state index in [0.717, 1.165) is 29.2 Å². The number of hydrogen-bond acceptors (Lipinski definition) is 3. The molecule has 0 aliphatic carbocycles. The Bertz CT molecular complexity index is 757. The van der Waals surface area contributed by atoms with E-state index in [-0.39, 0.29) is 5.91 Å². The lowest BCUT2D eigenvalue weighted by Gasteiger charge is -2.05. The summed E-state index contributed by atoms with van der Waals surface area (Å²) in [6, 6.07) is 15.6. The van der Waals surface area contributed by atoms with Gasteiger partial charge in [-0.2, -0.15) is 0 Å². The zero-order valence-electron chi connectivity index (χ0n) is 13.0. The second-order valence-electron chi connectivity index (χ2n) is 5.37. The summed E-state index contributed by atoms with van der Waals surface area (Å²) < 4.78 is 5.76. The van der Waals surface area contributed by atoms with E-state index in [2.05, 4.69) is 12.2 Å². The van der Waals surface area contributed by atoms with Crippen molar-refractivity contribution in [1.82, 2.24) is 5.32 Å². The lowest BCUT2D eigenvalue weighted by atomic mass is 10.1. The lowest BCUT2D eigenvalue weighted by Crippen LogP contribution is -2.22. The van der Waals surface area contributed by atoms with Gasteiger partial charge in [-0.3, -0.25) is 4.79 Å². The van der Waals surface area contributed by atoms with Crippen molar-refractivity contribution < 1.29 is 9.21 Å². The first-order chi connectivity index (χ1) is 11.3. The minimum atomic E-state index is -0.0814. The Labute approximate surface area is 140 Å². The molecule has 1 aromatic carbocycles. The Balaban J connectivity index is 1.58. The molecule has 3 nitrogen and oxygen atoms in total. The molecule has 0 spiro atoms. The molecule has 0 aliphatic heterocycles. The summed E-state index contributed by atoms with van der Waals surface area (Å²) in [5.41, 5.74) is 1.94. The second kappa shape index (κ2) is 7.29. The van der Waals surface area contributed by atoms with Crippen molar-refractivity contribution in [3.63, 3.8) is 0 Å². The van der Waals surface area contributed by atoms with Gasteiger partial charge in [0.25, 0.3) is 5.91 Å². The average molecular weight is 325 g/mol. The van der Waals surface area contributed by atoms with Crippen LogP contribution >= 0.6 is 11.3 Å². The van der Waals surface area contributed by atoms with Gasteiger partial charge in [-0.25, -0.2) is 0 Å². The number of furan rings is 1. The smallest absolute Gasteiger partial charge is 0.251 e. The van der Waals surface area contributed by atoms with Crippen LogP contribution in [0, 0.1) is 0 Å². The first-order valence-electron chi connectivity index (χ1n) is 7.76. The molecule has 3 rings (SSSR count). The highest BCUT2D eigenvalue weighted by Gasteiger charge is 2.08. The third-order valence-electron chi connectivity index (χ3n) is 3.60. The van der Waals surface area contributed by atoms with E-state index in [1.807, 2.05) is 53.9 Å². The highest BCUT2D eigenvalue weighted by atomic mass is 32.1. The van der Waals surface area contributed by atoms with Gasteiger partial charge < -0.3 is 9.73 Å². The summed E-state index contributed by atoms with van der Waals surface area (Å²) >= 11 is 1.63. The SMILES string of the molecule is CCCc1ccc(C(=O)NCc2ccc(-c3cccs3)o2)cc1. The Morgan fingerprint density at radius 1 is 1.13 bits per heavy atom. The van der Waals surface area contributed by atoms with Crippen LogP contribution in [0.15, 0.2) is 58.3 Å². The van der Waals surface area contributed by atoms with E-state index in [4.69, 9.17) is 4.42 Å². The largest absolute Gasteiger partial charge is 0.458 e. The van der Waals surface area contributed by atoms with Crippen molar-refractivity contribution in [2.24, 2.45) is 0 Å². The number of carbonyl (C=O) groups excluding carboxylic acids is 1. The summed E-state index contributed by atoms with van der Waals surface area (Å²) in [6.45, 7) is 2.54. The van der Waals surface area contributed by atoms with Crippen molar-refractivity contribution in [1.29, 1.82) is 0 Å². The van der Waals surface area contributed by atoms with Gasteiger partial charge in [-0.05, 0) is 47.7 Å². The molecule has 2 heterocycles. The molecule has 23 heavy (non-hydrogen) atoms. The number of rotatable bonds is 6.